The highest BCUT2D eigenvalue weighted by Crippen LogP contribution is 2.32. The lowest BCUT2D eigenvalue weighted by Crippen LogP contribution is -2.49. The molecule has 3 heterocycles. The second-order valence-electron chi connectivity index (χ2n) is 8.54. The van der Waals surface area contributed by atoms with Gasteiger partial charge in [-0.15, -0.1) is 0 Å². The van der Waals surface area contributed by atoms with Crippen molar-refractivity contribution in [2.75, 3.05) is 38.6 Å². The van der Waals surface area contributed by atoms with E-state index in [1.54, 1.807) is 24.1 Å². The third-order valence-electron chi connectivity index (χ3n) is 6.12. The Balaban J connectivity index is 1.25. The highest BCUT2D eigenvalue weighted by Gasteiger charge is 2.22. The van der Waals surface area contributed by atoms with E-state index in [0.717, 1.165) is 11.1 Å². The smallest absolute Gasteiger partial charge is 0.321 e. The fourth-order valence-electron chi connectivity index (χ4n) is 4.13. The quantitative estimate of drug-likeness (QED) is 0.422. The molecule has 11 heteroatoms. The standard InChI is InChI=1S/C25H25ClN6O3S/c1-16-7-8-17(26)13-20(16)28-24(34)31-11-9-30(10-12-31)15-18-14-22(33)32-25(27-18)36-23(29-32)19-5-3-4-6-21(19)35-2/h3-8,13-14H,9-12,15H2,1-2H3,(H,28,34). The topological polar surface area (TPSA) is 92.1 Å². The molecule has 4 aromatic rings. The van der Waals surface area contributed by atoms with Crippen molar-refractivity contribution in [3.63, 3.8) is 0 Å². The number of rotatable bonds is 5. The molecule has 36 heavy (non-hydrogen) atoms. The first-order valence-corrected chi connectivity index (χ1v) is 12.7. The maximum absolute atomic E-state index is 12.8. The van der Waals surface area contributed by atoms with Crippen LogP contribution < -0.4 is 15.6 Å². The number of halogens is 1. The minimum Gasteiger partial charge on any atom is -0.496 e. The number of ether oxygens (including phenoxy) is 1. The van der Waals surface area contributed by atoms with Gasteiger partial charge in [-0.05, 0) is 36.8 Å². The Morgan fingerprint density at radius 2 is 1.92 bits per heavy atom. The molecule has 0 saturated carbocycles. The summed E-state index contributed by atoms with van der Waals surface area (Å²) in [6.07, 6.45) is 0. The average molecular weight is 525 g/mol. The Labute approximate surface area is 216 Å². The summed E-state index contributed by atoms with van der Waals surface area (Å²) >= 11 is 7.41. The maximum Gasteiger partial charge on any atom is 0.321 e. The highest BCUT2D eigenvalue weighted by atomic mass is 35.5. The summed E-state index contributed by atoms with van der Waals surface area (Å²) in [5, 5.41) is 8.66. The molecule has 1 aliphatic heterocycles. The lowest BCUT2D eigenvalue weighted by Gasteiger charge is -2.34. The highest BCUT2D eigenvalue weighted by molar-refractivity contribution is 7.19. The number of hydrogen-bond donors (Lipinski definition) is 1. The van der Waals surface area contributed by atoms with Crippen molar-refractivity contribution in [3.8, 4) is 16.3 Å². The molecule has 5 rings (SSSR count). The lowest BCUT2D eigenvalue weighted by molar-refractivity contribution is 0.142. The second-order valence-corrected chi connectivity index (χ2v) is 9.93. The van der Waals surface area contributed by atoms with Gasteiger partial charge in [-0.1, -0.05) is 41.1 Å². The molecule has 1 saturated heterocycles. The van der Waals surface area contributed by atoms with Gasteiger partial charge in [0.1, 0.15) is 5.75 Å². The molecule has 0 bridgehead atoms. The summed E-state index contributed by atoms with van der Waals surface area (Å²) < 4.78 is 6.76. The summed E-state index contributed by atoms with van der Waals surface area (Å²) in [5.74, 6) is 0.692. The fraction of sp³-hybridized carbons (Fsp3) is 0.280. The molecule has 1 aliphatic rings. The zero-order chi connectivity index (χ0) is 25.2. The molecule has 186 valence electrons. The largest absolute Gasteiger partial charge is 0.496 e. The number of methoxy groups -OCH3 is 1. The van der Waals surface area contributed by atoms with Crippen LogP contribution >= 0.6 is 22.9 Å². The number of urea groups is 1. The van der Waals surface area contributed by atoms with E-state index in [-0.39, 0.29) is 11.6 Å². The molecule has 1 fully saturated rings. The van der Waals surface area contributed by atoms with Crippen molar-refractivity contribution >= 4 is 39.6 Å². The first-order chi connectivity index (χ1) is 17.4. The number of para-hydroxylation sites is 1. The number of carbonyl (C=O) groups is 1. The molecule has 0 spiro atoms. The molecule has 2 aromatic carbocycles. The Morgan fingerprint density at radius 1 is 1.14 bits per heavy atom. The van der Waals surface area contributed by atoms with Gasteiger partial charge in [0.15, 0.2) is 5.01 Å². The monoisotopic (exact) mass is 524 g/mol. The number of benzene rings is 2. The SMILES string of the molecule is COc1ccccc1-c1nn2c(=O)cc(CN3CCN(C(=O)Nc4cc(Cl)ccc4C)CC3)nc2s1. The van der Waals surface area contributed by atoms with Gasteiger partial charge in [-0.2, -0.15) is 9.61 Å². The van der Waals surface area contributed by atoms with Crippen LogP contribution in [0.3, 0.4) is 0 Å². The van der Waals surface area contributed by atoms with Crippen LogP contribution in [-0.2, 0) is 6.54 Å². The van der Waals surface area contributed by atoms with Gasteiger partial charge >= 0.3 is 6.03 Å². The van der Waals surface area contributed by atoms with Crippen molar-refractivity contribution < 1.29 is 9.53 Å². The van der Waals surface area contributed by atoms with Gasteiger partial charge in [0.2, 0.25) is 4.96 Å². The van der Waals surface area contributed by atoms with Gasteiger partial charge < -0.3 is 15.0 Å². The van der Waals surface area contributed by atoms with Crippen molar-refractivity contribution in [3.05, 3.63) is 75.2 Å². The maximum atomic E-state index is 12.8. The number of anilines is 1. The average Bonchev–Trinajstić information content (AvgIpc) is 3.31. The number of amides is 2. The Bertz CT molecular complexity index is 1480. The molecule has 0 atom stereocenters. The normalized spacial score (nSPS) is 14.2. The Hall–Kier alpha value is -3.47. The van der Waals surface area contributed by atoms with Crippen LogP contribution in [0.2, 0.25) is 5.02 Å². The Morgan fingerprint density at radius 3 is 2.69 bits per heavy atom. The van der Waals surface area contributed by atoms with Gasteiger partial charge in [-0.25, -0.2) is 9.78 Å². The van der Waals surface area contributed by atoms with Crippen LogP contribution in [0.5, 0.6) is 5.75 Å². The summed E-state index contributed by atoms with van der Waals surface area (Å²) in [7, 11) is 1.61. The summed E-state index contributed by atoms with van der Waals surface area (Å²) in [5.41, 5.74) is 2.95. The van der Waals surface area contributed by atoms with E-state index in [0.29, 0.717) is 64.8 Å². The predicted octanol–water partition coefficient (Wildman–Crippen LogP) is 4.14. The molecular weight excluding hydrogens is 500 g/mol. The predicted molar refractivity (Wildman–Crippen MR) is 141 cm³/mol. The zero-order valence-electron chi connectivity index (χ0n) is 19.9. The van der Waals surface area contributed by atoms with Crippen LogP contribution in [0.15, 0.2) is 53.3 Å². The van der Waals surface area contributed by atoms with Crippen molar-refractivity contribution in [1.82, 2.24) is 24.4 Å². The number of aryl methyl sites for hydroxylation is 1. The number of aromatic nitrogens is 3. The Kier molecular flexibility index (Phi) is 6.90. The molecule has 9 nitrogen and oxygen atoms in total. The number of carbonyl (C=O) groups excluding carboxylic acids is 1. The van der Waals surface area contributed by atoms with E-state index in [1.807, 2.05) is 37.3 Å². The van der Waals surface area contributed by atoms with Gasteiger partial charge in [0, 0.05) is 49.5 Å². The second kappa shape index (κ2) is 10.3. The number of nitrogens with zero attached hydrogens (tertiary/aromatic N) is 5. The van der Waals surface area contributed by atoms with E-state index in [1.165, 1.54) is 21.9 Å². The molecule has 2 aromatic heterocycles. The third kappa shape index (κ3) is 5.06. The van der Waals surface area contributed by atoms with E-state index in [2.05, 4.69) is 15.3 Å². The molecule has 0 aliphatic carbocycles. The van der Waals surface area contributed by atoms with Crippen molar-refractivity contribution in [1.29, 1.82) is 0 Å². The number of nitrogens with one attached hydrogen (secondary N) is 1. The summed E-state index contributed by atoms with van der Waals surface area (Å²) in [6, 6.07) is 14.4. The van der Waals surface area contributed by atoms with Crippen molar-refractivity contribution in [2.24, 2.45) is 0 Å². The third-order valence-corrected chi connectivity index (χ3v) is 7.30. The summed E-state index contributed by atoms with van der Waals surface area (Å²) in [4.78, 5) is 34.7. The first kappa shape index (κ1) is 24.2. The zero-order valence-corrected chi connectivity index (χ0v) is 21.5. The van der Waals surface area contributed by atoms with E-state index >= 15 is 0 Å². The van der Waals surface area contributed by atoms with E-state index in [9.17, 15) is 9.59 Å². The van der Waals surface area contributed by atoms with Crippen LogP contribution in [0.1, 0.15) is 11.3 Å². The number of fused-ring (bicyclic) bond motifs is 1. The fourth-order valence-corrected chi connectivity index (χ4v) is 5.26. The molecule has 0 radical (unpaired) electrons. The first-order valence-electron chi connectivity index (χ1n) is 11.5. The number of hydrogen-bond acceptors (Lipinski definition) is 7. The van der Waals surface area contributed by atoms with Gasteiger partial charge in [0.25, 0.3) is 5.56 Å². The lowest BCUT2D eigenvalue weighted by atomic mass is 10.2. The molecule has 2 amide bonds. The number of piperazine rings is 1. The molecule has 0 unspecified atom stereocenters. The van der Waals surface area contributed by atoms with Gasteiger partial charge in [-0.3, -0.25) is 9.69 Å². The van der Waals surface area contributed by atoms with E-state index < -0.39 is 0 Å². The van der Waals surface area contributed by atoms with E-state index in [4.69, 9.17) is 21.3 Å². The van der Waals surface area contributed by atoms with Crippen LogP contribution in [0.25, 0.3) is 15.5 Å². The van der Waals surface area contributed by atoms with Crippen molar-refractivity contribution in [2.45, 2.75) is 13.5 Å². The minimum absolute atomic E-state index is 0.147. The molecule has 1 N–H and O–H groups in total. The van der Waals surface area contributed by atoms with Crippen LogP contribution in [0, 0.1) is 6.92 Å². The van der Waals surface area contributed by atoms with Gasteiger partial charge in [0.05, 0.1) is 18.4 Å². The van der Waals surface area contributed by atoms with Crippen LogP contribution in [0.4, 0.5) is 10.5 Å². The minimum atomic E-state index is -0.220. The summed E-state index contributed by atoms with van der Waals surface area (Å²) in [6.45, 7) is 4.96. The van der Waals surface area contributed by atoms with Crippen LogP contribution in [-0.4, -0.2) is 63.7 Å². The molecular formula is C25H25ClN6O3S.